The minimum absolute atomic E-state index is 0.0136. The Morgan fingerprint density at radius 3 is 2.71 bits per heavy atom. The first-order chi connectivity index (χ1) is 11.7. The van der Waals surface area contributed by atoms with Gasteiger partial charge in [0.1, 0.15) is 5.75 Å². The number of ether oxygens (including phenoxy) is 1. The number of nitrogens with zero attached hydrogens (tertiary/aromatic N) is 2. The quantitative estimate of drug-likeness (QED) is 0.796. The summed E-state index contributed by atoms with van der Waals surface area (Å²) in [6.07, 6.45) is 0. The van der Waals surface area contributed by atoms with E-state index in [0.29, 0.717) is 36.1 Å². The molecule has 0 spiro atoms. The van der Waals surface area contributed by atoms with E-state index in [2.05, 4.69) is 5.32 Å². The number of benzene rings is 2. The van der Waals surface area contributed by atoms with Crippen molar-refractivity contribution < 1.29 is 9.53 Å². The van der Waals surface area contributed by atoms with Gasteiger partial charge in [-0.05, 0) is 24.3 Å². The summed E-state index contributed by atoms with van der Waals surface area (Å²) < 4.78 is 6.04. The Morgan fingerprint density at radius 2 is 1.88 bits per heavy atom. The summed E-state index contributed by atoms with van der Waals surface area (Å²) >= 11 is 6.18. The van der Waals surface area contributed by atoms with Crippen LogP contribution in [0, 0.1) is 0 Å². The number of hydrogen-bond donors (Lipinski definition) is 1. The molecule has 0 atom stereocenters. The molecule has 2 aliphatic rings. The lowest BCUT2D eigenvalue weighted by Crippen LogP contribution is -2.51. The minimum atomic E-state index is -0.0136. The summed E-state index contributed by atoms with van der Waals surface area (Å²) in [5.41, 5.74) is 1.69. The molecule has 1 fully saturated rings. The number of nitrogens with one attached hydrogen (secondary N) is 1. The normalized spacial score (nSPS) is 16.7. The molecule has 124 valence electrons. The number of halogens is 1. The van der Waals surface area contributed by atoms with Crippen LogP contribution in [0.5, 0.6) is 11.5 Å². The molecule has 1 N–H and O–H groups in total. The Balaban J connectivity index is 1.76. The van der Waals surface area contributed by atoms with E-state index in [-0.39, 0.29) is 6.03 Å². The van der Waals surface area contributed by atoms with Gasteiger partial charge in [0.05, 0.1) is 12.2 Å². The molecule has 24 heavy (non-hydrogen) atoms. The van der Waals surface area contributed by atoms with Crippen LogP contribution in [-0.2, 0) is 6.54 Å². The van der Waals surface area contributed by atoms with Gasteiger partial charge in [-0.3, -0.25) is 4.90 Å². The minimum Gasteiger partial charge on any atom is -0.455 e. The largest absolute Gasteiger partial charge is 0.455 e. The van der Waals surface area contributed by atoms with Crippen molar-refractivity contribution >= 4 is 23.3 Å². The van der Waals surface area contributed by atoms with Crippen molar-refractivity contribution in [3.05, 3.63) is 53.1 Å². The average Bonchev–Trinajstić information content (AvgIpc) is 2.78. The van der Waals surface area contributed by atoms with Crippen LogP contribution in [0.15, 0.2) is 42.5 Å². The van der Waals surface area contributed by atoms with Crippen LogP contribution in [0.1, 0.15) is 5.56 Å². The topological polar surface area (TPSA) is 44.8 Å². The molecule has 2 amide bonds. The standard InChI is InChI=1S/C18H18ClN3O2/c19-14-5-6-17-15(11-14)22(18(23)21-9-7-20-8-10-21)12-13-3-1-2-4-16(13)24-17/h1-6,11,20H,7-10,12H2. The van der Waals surface area contributed by atoms with Crippen molar-refractivity contribution in [3.63, 3.8) is 0 Å². The molecule has 0 saturated carbocycles. The third kappa shape index (κ3) is 2.81. The number of carbonyl (C=O) groups excluding carboxylic acids is 1. The van der Waals surface area contributed by atoms with Crippen LogP contribution in [0.4, 0.5) is 10.5 Å². The van der Waals surface area contributed by atoms with Crippen molar-refractivity contribution in [2.75, 3.05) is 31.1 Å². The van der Waals surface area contributed by atoms with Crippen molar-refractivity contribution in [1.82, 2.24) is 10.2 Å². The lowest BCUT2D eigenvalue weighted by atomic mass is 10.2. The second-order valence-corrected chi connectivity index (χ2v) is 6.36. The molecule has 2 aromatic carbocycles. The van der Waals surface area contributed by atoms with E-state index >= 15 is 0 Å². The fourth-order valence-corrected chi connectivity index (χ4v) is 3.26. The van der Waals surface area contributed by atoms with Gasteiger partial charge in [-0.15, -0.1) is 0 Å². The monoisotopic (exact) mass is 343 g/mol. The molecular weight excluding hydrogens is 326 g/mol. The molecule has 5 nitrogen and oxygen atoms in total. The average molecular weight is 344 g/mol. The smallest absolute Gasteiger partial charge is 0.325 e. The predicted octanol–water partition coefficient (Wildman–Crippen LogP) is 3.48. The zero-order chi connectivity index (χ0) is 16.5. The molecular formula is C18H18ClN3O2. The van der Waals surface area contributed by atoms with Gasteiger partial charge in [-0.25, -0.2) is 4.79 Å². The van der Waals surface area contributed by atoms with E-state index in [4.69, 9.17) is 16.3 Å². The third-order valence-electron chi connectivity index (χ3n) is 4.35. The summed E-state index contributed by atoms with van der Waals surface area (Å²) in [7, 11) is 0. The maximum absolute atomic E-state index is 13.1. The van der Waals surface area contributed by atoms with Gasteiger partial charge < -0.3 is 15.0 Å². The summed E-state index contributed by atoms with van der Waals surface area (Å²) in [5.74, 6) is 1.42. The van der Waals surface area contributed by atoms with Gasteiger partial charge in [-0.2, -0.15) is 0 Å². The van der Waals surface area contributed by atoms with E-state index in [1.54, 1.807) is 17.0 Å². The first-order valence-corrected chi connectivity index (χ1v) is 8.42. The van der Waals surface area contributed by atoms with Gasteiger partial charge in [0.15, 0.2) is 5.75 Å². The van der Waals surface area contributed by atoms with Gasteiger partial charge in [-0.1, -0.05) is 29.8 Å². The van der Waals surface area contributed by atoms with E-state index in [1.807, 2.05) is 35.2 Å². The van der Waals surface area contributed by atoms with Crippen LogP contribution in [0.2, 0.25) is 5.02 Å². The van der Waals surface area contributed by atoms with Crippen LogP contribution in [-0.4, -0.2) is 37.1 Å². The predicted molar refractivity (Wildman–Crippen MR) is 94.0 cm³/mol. The number of rotatable bonds is 0. The molecule has 1 saturated heterocycles. The highest BCUT2D eigenvalue weighted by Crippen LogP contribution is 2.40. The highest BCUT2D eigenvalue weighted by molar-refractivity contribution is 6.31. The van der Waals surface area contributed by atoms with Crippen molar-refractivity contribution in [3.8, 4) is 11.5 Å². The number of para-hydroxylation sites is 1. The summed E-state index contributed by atoms with van der Waals surface area (Å²) in [6, 6.07) is 13.2. The van der Waals surface area contributed by atoms with Crippen LogP contribution < -0.4 is 15.0 Å². The summed E-state index contributed by atoms with van der Waals surface area (Å²) in [4.78, 5) is 16.7. The first kappa shape index (κ1) is 15.3. The molecule has 2 aliphatic heterocycles. The number of hydrogen-bond acceptors (Lipinski definition) is 3. The number of fused-ring (bicyclic) bond motifs is 2. The Hall–Kier alpha value is -2.24. The van der Waals surface area contributed by atoms with E-state index < -0.39 is 0 Å². The van der Waals surface area contributed by atoms with E-state index in [9.17, 15) is 4.79 Å². The summed E-state index contributed by atoms with van der Waals surface area (Å²) in [5, 5.41) is 3.86. The van der Waals surface area contributed by atoms with E-state index in [0.717, 1.165) is 24.4 Å². The lowest BCUT2D eigenvalue weighted by molar-refractivity contribution is 0.196. The molecule has 0 unspecified atom stereocenters. The van der Waals surface area contributed by atoms with Crippen LogP contribution in [0.25, 0.3) is 0 Å². The highest BCUT2D eigenvalue weighted by atomic mass is 35.5. The first-order valence-electron chi connectivity index (χ1n) is 8.05. The number of anilines is 1. The fourth-order valence-electron chi connectivity index (χ4n) is 3.09. The SMILES string of the molecule is O=C(N1CCNCC1)N1Cc2ccccc2Oc2ccc(Cl)cc21. The van der Waals surface area contributed by atoms with Gasteiger partial charge in [0, 0.05) is 36.8 Å². The number of piperazine rings is 1. The molecule has 0 aromatic heterocycles. The Morgan fingerprint density at radius 1 is 1.08 bits per heavy atom. The molecule has 6 heteroatoms. The molecule has 0 aliphatic carbocycles. The number of amides is 2. The zero-order valence-corrected chi connectivity index (χ0v) is 13.9. The lowest BCUT2D eigenvalue weighted by Gasteiger charge is -2.33. The van der Waals surface area contributed by atoms with Gasteiger partial charge in [0.2, 0.25) is 0 Å². The zero-order valence-electron chi connectivity index (χ0n) is 13.2. The molecule has 0 radical (unpaired) electrons. The fraction of sp³-hybridized carbons (Fsp3) is 0.278. The third-order valence-corrected chi connectivity index (χ3v) is 4.59. The van der Waals surface area contributed by atoms with Crippen molar-refractivity contribution in [2.24, 2.45) is 0 Å². The Bertz CT molecular complexity index is 775. The van der Waals surface area contributed by atoms with Crippen molar-refractivity contribution in [1.29, 1.82) is 0 Å². The Kier molecular flexibility index (Phi) is 4.04. The highest BCUT2D eigenvalue weighted by Gasteiger charge is 2.29. The van der Waals surface area contributed by atoms with Crippen LogP contribution in [0.3, 0.4) is 0 Å². The second kappa shape index (κ2) is 6.34. The molecule has 2 aromatic rings. The van der Waals surface area contributed by atoms with Crippen LogP contribution >= 0.6 is 11.6 Å². The van der Waals surface area contributed by atoms with Crippen molar-refractivity contribution in [2.45, 2.75) is 6.54 Å². The molecule has 4 rings (SSSR count). The molecule has 0 bridgehead atoms. The Labute approximate surface area is 145 Å². The maximum atomic E-state index is 13.1. The number of carbonyl (C=O) groups is 1. The van der Waals surface area contributed by atoms with E-state index in [1.165, 1.54) is 0 Å². The molecule has 2 heterocycles. The second-order valence-electron chi connectivity index (χ2n) is 5.93. The number of urea groups is 1. The van der Waals surface area contributed by atoms with Gasteiger partial charge >= 0.3 is 6.03 Å². The maximum Gasteiger partial charge on any atom is 0.325 e. The summed E-state index contributed by atoms with van der Waals surface area (Å²) in [6.45, 7) is 3.50. The van der Waals surface area contributed by atoms with Gasteiger partial charge in [0.25, 0.3) is 0 Å².